The van der Waals surface area contributed by atoms with Gasteiger partial charge >= 0.3 is 0 Å². The molecule has 1 aliphatic rings. The first kappa shape index (κ1) is 10.5. The fourth-order valence-electron chi connectivity index (χ4n) is 2.52. The monoisotopic (exact) mass is 229 g/mol. The molecule has 0 radical (unpaired) electrons. The lowest BCUT2D eigenvalue weighted by Gasteiger charge is -2.18. The number of benzene rings is 1. The Bertz CT molecular complexity index is 605. The number of fused-ring (bicyclic) bond motifs is 1. The molecule has 2 heterocycles. The fraction of sp³-hybridized carbons (Fsp3) is 0.385. The molecule has 0 aliphatic carbocycles. The quantitative estimate of drug-likeness (QED) is 0.809. The second-order valence-electron chi connectivity index (χ2n) is 4.61. The second-order valence-corrected chi connectivity index (χ2v) is 4.61. The first-order valence-electron chi connectivity index (χ1n) is 5.95. The molecule has 1 aromatic carbocycles. The summed E-state index contributed by atoms with van der Waals surface area (Å²) in [7, 11) is 2.08. The number of likely N-dealkylation sites (tertiary alicyclic amines) is 1. The number of para-hydroxylation sites is 1. The smallest absolute Gasteiger partial charge is 0.258 e. The van der Waals surface area contributed by atoms with Gasteiger partial charge in [-0.25, -0.2) is 4.98 Å². The van der Waals surface area contributed by atoms with Gasteiger partial charge in [0.2, 0.25) is 0 Å². The number of hydrogen-bond acceptors (Lipinski definition) is 3. The molecule has 0 spiro atoms. The number of rotatable bonds is 1. The highest BCUT2D eigenvalue weighted by molar-refractivity contribution is 5.77. The maximum absolute atomic E-state index is 11.9. The summed E-state index contributed by atoms with van der Waals surface area (Å²) < 4.78 is 0. The topological polar surface area (TPSA) is 49.0 Å². The molecule has 1 unspecified atom stereocenters. The van der Waals surface area contributed by atoms with Gasteiger partial charge in [-0.3, -0.25) is 9.69 Å². The molecule has 0 bridgehead atoms. The van der Waals surface area contributed by atoms with Gasteiger partial charge in [0.25, 0.3) is 5.56 Å². The zero-order valence-corrected chi connectivity index (χ0v) is 9.81. The Morgan fingerprint density at radius 2 is 2.24 bits per heavy atom. The molecule has 0 saturated carbocycles. The van der Waals surface area contributed by atoms with Crippen molar-refractivity contribution in [3.63, 3.8) is 0 Å². The molecule has 1 fully saturated rings. The van der Waals surface area contributed by atoms with E-state index in [1.807, 2.05) is 24.3 Å². The minimum Gasteiger partial charge on any atom is -0.309 e. The van der Waals surface area contributed by atoms with Gasteiger partial charge in [-0.2, -0.15) is 0 Å². The Labute approximate surface area is 99.3 Å². The molecule has 1 aromatic heterocycles. The lowest BCUT2D eigenvalue weighted by Crippen LogP contribution is -2.22. The minimum atomic E-state index is -0.0362. The summed E-state index contributed by atoms with van der Waals surface area (Å²) in [6.07, 6.45) is 2.23. The molecular formula is C13H15N3O. The largest absolute Gasteiger partial charge is 0.309 e. The van der Waals surface area contributed by atoms with Gasteiger partial charge in [0, 0.05) is 0 Å². The van der Waals surface area contributed by atoms with Gasteiger partial charge in [0.1, 0.15) is 5.82 Å². The molecule has 0 amide bonds. The molecule has 4 nitrogen and oxygen atoms in total. The van der Waals surface area contributed by atoms with E-state index in [0.717, 1.165) is 30.7 Å². The molecule has 4 heteroatoms. The summed E-state index contributed by atoms with van der Waals surface area (Å²) in [5, 5.41) is 0.664. The van der Waals surface area contributed by atoms with Gasteiger partial charge in [-0.1, -0.05) is 12.1 Å². The number of aromatic nitrogens is 2. The molecule has 1 saturated heterocycles. The van der Waals surface area contributed by atoms with Gasteiger partial charge in [-0.15, -0.1) is 0 Å². The van der Waals surface area contributed by atoms with Crippen molar-refractivity contribution >= 4 is 10.9 Å². The van der Waals surface area contributed by atoms with E-state index in [9.17, 15) is 4.79 Å². The zero-order chi connectivity index (χ0) is 11.8. The summed E-state index contributed by atoms with van der Waals surface area (Å²) in [5.41, 5.74) is 0.748. The third-order valence-electron chi connectivity index (χ3n) is 3.47. The maximum Gasteiger partial charge on any atom is 0.258 e. The van der Waals surface area contributed by atoms with E-state index in [4.69, 9.17) is 0 Å². The van der Waals surface area contributed by atoms with Crippen LogP contribution in [0.3, 0.4) is 0 Å². The van der Waals surface area contributed by atoms with Crippen LogP contribution < -0.4 is 5.56 Å². The number of hydrogen-bond donors (Lipinski definition) is 1. The number of aromatic amines is 1. The number of H-pyrrole nitrogens is 1. The van der Waals surface area contributed by atoms with Crippen LogP contribution in [-0.2, 0) is 0 Å². The number of nitrogens with zero attached hydrogens (tertiary/aromatic N) is 2. The highest BCUT2D eigenvalue weighted by Gasteiger charge is 2.24. The van der Waals surface area contributed by atoms with E-state index in [-0.39, 0.29) is 11.6 Å². The predicted octanol–water partition coefficient (Wildman–Crippen LogP) is 1.69. The van der Waals surface area contributed by atoms with Crippen molar-refractivity contribution in [3.05, 3.63) is 40.4 Å². The van der Waals surface area contributed by atoms with Crippen molar-refractivity contribution in [2.75, 3.05) is 13.6 Å². The molecule has 1 N–H and O–H groups in total. The Hall–Kier alpha value is -1.68. The average molecular weight is 229 g/mol. The van der Waals surface area contributed by atoms with Crippen LogP contribution in [0.25, 0.3) is 10.9 Å². The molecule has 1 atom stereocenters. The van der Waals surface area contributed by atoms with Gasteiger partial charge in [-0.05, 0) is 38.6 Å². The first-order chi connectivity index (χ1) is 8.25. The lowest BCUT2D eigenvalue weighted by molar-refractivity contribution is 0.306. The molecule has 2 aromatic rings. The zero-order valence-electron chi connectivity index (χ0n) is 9.81. The predicted molar refractivity (Wildman–Crippen MR) is 67.0 cm³/mol. The normalized spacial score (nSPS) is 21.1. The molecular weight excluding hydrogens is 214 g/mol. The highest BCUT2D eigenvalue weighted by atomic mass is 16.1. The van der Waals surface area contributed by atoms with E-state index in [1.54, 1.807) is 0 Å². The van der Waals surface area contributed by atoms with E-state index >= 15 is 0 Å². The van der Waals surface area contributed by atoms with E-state index in [1.165, 1.54) is 0 Å². The average Bonchev–Trinajstić information content (AvgIpc) is 2.75. The molecule has 3 rings (SSSR count). The first-order valence-corrected chi connectivity index (χ1v) is 5.95. The van der Waals surface area contributed by atoms with Crippen molar-refractivity contribution < 1.29 is 0 Å². The summed E-state index contributed by atoms with van der Waals surface area (Å²) in [5.74, 6) is 0.800. The van der Waals surface area contributed by atoms with Crippen molar-refractivity contribution in [2.24, 2.45) is 0 Å². The Morgan fingerprint density at radius 1 is 1.41 bits per heavy atom. The van der Waals surface area contributed by atoms with Gasteiger partial charge < -0.3 is 4.98 Å². The van der Waals surface area contributed by atoms with Crippen molar-refractivity contribution in [2.45, 2.75) is 18.9 Å². The van der Waals surface area contributed by atoms with Crippen molar-refractivity contribution in [1.82, 2.24) is 14.9 Å². The summed E-state index contributed by atoms with van der Waals surface area (Å²) >= 11 is 0. The van der Waals surface area contributed by atoms with Crippen LogP contribution in [0.2, 0.25) is 0 Å². The molecule has 17 heavy (non-hydrogen) atoms. The maximum atomic E-state index is 11.9. The minimum absolute atomic E-state index is 0.0362. The van der Waals surface area contributed by atoms with Gasteiger partial charge in [0.15, 0.2) is 0 Å². The molecule has 1 aliphatic heterocycles. The Morgan fingerprint density at radius 3 is 3.00 bits per heavy atom. The van der Waals surface area contributed by atoms with Crippen LogP contribution in [0.4, 0.5) is 0 Å². The summed E-state index contributed by atoms with van der Waals surface area (Å²) in [6, 6.07) is 7.73. The van der Waals surface area contributed by atoms with Crippen LogP contribution in [-0.4, -0.2) is 28.5 Å². The van der Waals surface area contributed by atoms with E-state index in [2.05, 4.69) is 21.9 Å². The number of nitrogens with one attached hydrogen (secondary N) is 1. The van der Waals surface area contributed by atoms with Crippen LogP contribution in [0, 0.1) is 0 Å². The third-order valence-corrected chi connectivity index (χ3v) is 3.47. The molecule has 88 valence electrons. The van der Waals surface area contributed by atoms with E-state index in [0.29, 0.717) is 5.39 Å². The Balaban J connectivity index is 2.15. The van der Waals surface area contributed by atoms with Crippen LogP contribution >= 0.6 is 0 Å². The third kappa shape index (κ3) is 1.74. The highest BCUT2D eigenvalue weighted by Crippen LogP contribution is 2.27. The van der Waals surface area contributed by atoms with Gasteiger partial charge in [0.05, 0.1) is 16.9 Å². The van der Waals surface area contributed by atoms with Crippen LogP contribution in [0.1, 0.15) is 24.7 Å². The van der Waals surface area contributed by atoms with E-state index < -0.39 is 0 Å². The standard InChI is InChI=1S/C13H15N3O/c1-16-8-4-7-11(16)12-14-10-6-3-2-5-9(10)13(17)15-12/h2-3,5-6,11H,4,7-8H2,1H3,(H,14,15,17). The summed E-state index contributed by atoms with van der Waals surface area (Å²) in [6.45, 7) is 1.07. The van der Waals surface area contributed by atoms with Crippen LogP contribution in [0.5, 0.6) is 0 Å². The lowest BCUT2D eigenvalue weighted by atomic mass is 10.2. The fourth-order valence-corrected chi connectivity index (χ4v) is 2.52. The van der Waals surface area contributed by atoms with Crippen molar-refractivity contribution in [3.8, 4) is 0 Å². The SMILES string of the molecule is CN1CCCC1c1nc2ccccc2c(=O)[nH]1. The Kier molecular flexibility index (Phi) is 2.44. The van der Waals surface area contributed by atoms with Crippen LogP contribution in [0.15, 0.2) is 29.1 Å². The van der Waals surface area contributed by atoms with Crippen molar-refractivity contribution in [1.29, 1.82) is 0 Å². The second kappa shape index (κ2) is 3.96. The summed E-state index contributed by atoms with van der Waals surface area (Å²) in [4.78, 5) is 21.7.